The summed E-state index contributed by atoms with van der Waals surface area (Å²) in [6.45, 7) is 2.28. The highest BCUT2D eigenvalue weighted by Crippen LogP contribution is 2.19. The standard InChI is InChI=1S/C25H27N5O3/c1-16-7-6-8-17(13-16)15-29-25(33)30-21-14-18(22(31)26-19-9-4-3-5-10-19)11-12-20(21)23(32)28(2)24(30)27-29/h6-8,11-14,19H,3-5,9-10,15H2,1-2H3,(H,26,31). The molecule has 2 aromatic carbocycles. The number of nitrogens with one attached hydrogen (secondary N) is 1. The van der Waals surface area contributed by atoms with E-state index in [9.17, 15) is 14.4 Å². The summed E-state index contributed by atoms with van der Waals surface area (Å²) >= 11 is 0. The van der Waals surface area contributed by atoms with Crippen molar-refractivity contribution in [3.63, 3.8) is 0 Å². The van der Waals surface area contributed by atoms with Gasteiger partial charge in [-0.05, 0) is 43.5 Å². The fraction of sp³-hybridized carbons (Fsp3) is 0.360. The van der Waals surface area contributed by atoms with Crippen molar-refractivity contribution in [2.45, 2.75) is 51.6 Å². The number of carbonyl (C=O) groups excluding carboxylic acids is 1. The predicted octanol–water partition coefficient (Wildman–Crippen LogP) is 2.77. The lowest BCUT2D eigenvalue weighted by molar-refractivity contribution is 0.0928. The average Bonchev–Trinajstić information content (AvgIpc) is 3.14. The number of aryl methyl sites for hydroxylation is 2. The highest BCUT2D eigenvalue weighted by atomic mass is 16.2. The Labute approximate surface area is 190 Å². The van der Waals surface area contributed by atoms with Gasteiger partial charge in [-0.25, -0.2) is 13.9 Å². The second-order valence-electron chi connectivity index (χ2n) is 8.97. The zero-order valence-electron chi connectivity index (χ0n) is 18.9. The van der Waals surface area contributed by atoms with E-state index < -0.39 is 0 Å². The zero-order valence-corrected chi connectivity index (χ0v) is 18.9. The van der Waals surface area contributed by atoms with Crippen LogP contribution < -0.4 is 16.6 Å². The first-order chi connectivity index (χ1) is 15.9. The molecule has 0 spiro atoms. The summed E-state index contributed by atoms with van der Waals surface area (Å²) in [6.07, 6.45) is 5.41. The summed E-state index contributed by atoms with van der Waals surface area (Å²) in [5.74, 6) is 0.0628. The number of fused-ring (bicyclic) bond motifs is 3. The third-order valence-corrected chi connectivity index (χ3v) is 6.51. The van der Waals surface area contributed by atoms with Gasteiger partial charge in [0.15, 0.2) is 0 Å². The molecule has 1 fully saturated rings. The molecule has 0 radical (unpaired) electrons. The molecule has 8 nitrogen and oxygen atoms in total. The fourth-order valence-corrected chi connectivity index (χ4v) is 4.74. The van der Waals surface area contributed by atoms with Crippen molar-refractivity contribution in [3.8, 4) is 0 Å². The van der Waals surface area contributed by atoms with Crippen molar-refractivity contribution in [1.29, 1.82) is 0 Å². The van der Waals surface area contributed by atoms with Gasteiger partial charge in [0.1, 0.15) is 0 Å². The Hall–Kier alpha value is -3.68. The van der Waals surface area contributed by atoms with Crippen LogP contribution in [-0.4, -0.2) is 30.7 Å². The number of carbonyl (C=O) groups is 1. The molecular weight excluding hydrogens is 418 g/mol. The highest BCUT2D eigenvalue weighted by Gasteiger charge is 2.20. The van der Waals surface area contributed by atoms with Crippen LogP contribution in [0.1, 0.15) is 53.6 Å². The third-order valence-electron chi connectivity index (χ3n) is 6.51. The van der Waals surface area contributed by atoms with E-state index in [1.165, 1.54) is 20.1 Å². The number of benzene rings is 2. The Morgan fingerprint density at radius 1 is 1.09 bits per heavy atom. The van der Waals surface area contributed by atoms with Crippen LogP contribution in [0.25, 0.3) is 16.7 Å². The summed E-state index contributed by atoms with van der Waals surface area (Å²) in [4.78, 5) is 39.2. The Morgan fingerprint density at radius 3 is 2.64 bits per heavy atom. The first kappa shape index (κ1) is 21.2. The lowest BCUT2D eigenvalue weighted by atomic mass is 9.95. The molecule has 1 saturated carbocycles. The normalized spacial score (nSPS) is 14.7. The highest BCUT2D eigenvalue weighted by molar-refractivity contribution is 5.98. The Kier molecular flexibility index (Phi) is 5.36. The minimum Gasteiger partial charge on any atom is -0.349 e. The van der Waals surface area contributed by atoms with E-state index in [0.717, 1.165) is 36.8 Å². The molecule has 0 aliphatic heterocycles. The zero-order chi connectivity index (χ0) is 23.1. The van der Waals surface area contributed by atoms with Crippen LogP contribution >= 0.6 is 0 Å². The number of rotatable bonds is 4. The number of aromatic nitrogens is 4. The maximum atomic E-state index is 13.3. The van der Waals surface area contributed by atoms with Crippen molar-refractivity contribution in [1.82, 2.24) is 24.1 Å². The summed E-state index contributed by atoms with van der Waals surface area (Å²) in [5, 5.41) is 7.92. The molecule has 1 aliphatic rings. The van der Waals surface area contributed by atoms with Crippen LogP contribution in [0, 0.1) is 6.92 Å². The van der Waals surface area contributed by atoms with Gasteiger partial charge in [0.05, 0.1) is 17.4 Å². The second-order valence-corrected chi connectivity index (χ2v) is 8.97. The summed E-state index contributed by atoms with van der Waals surface area (Å²) in [6, 6.07) is 12.9. The van der Waals surface area contributed by atoms with Crippen molar-refractivity contribution < 1.29 is 4.79 Å². The van der Waals surface area contributed by atoms with Crippen LogP contribution in [-0.2, 0) is 13.6 Å². The lowest BCUT2D eigenvalue weighted by Gasteiger charge is -2.22. The van der Waals surface area contributed by atoms with Crippen LogP contribution in [0.15, 0.2) is 52.1 Å². The predicted molar refractivity (Wildman–Crippen MR) is 127 cm³/mol. The molecule has 1 aliphatic carbocycles. The van der Waals surface area contributed by atoms with Gasteiger partial charge >= 0.3 is 5.69 Å². The Morgan fingerprint density at radius 2 is 1.88 bits per heavy atom. The molecule has 0 unspecified atom stereocenters. The molecule has 8 heteroatoms. The molecule has 33 heavy (non-hydrogen) atoms. The van der Waals surface area contributed by atoms with E-state index in [2.05, 4.69) is 10.4 Å². The van der Waals surface area contributed by atoms with Crippen molar-refractivity contribution in [3.05, 3.63) is 80.0 Å². The number of hydrogen-bond donors (Lipinski definition) is 1. The van der Waals surface area contributed by atoms with Crippen molar-refractivity contribution in [2.75, 3.05) is 0 Å². The van der Waals surface area contributed by atoms with Crippen LogP contribution in [0.4, 0.5) is 0 Å². The molecule has 0 atom stereocenters. The lowest BCUT2D eigenvalue weighted by Crippen LogP contribution is -2.36. The monoisotopic (exact) mass is 445 g/mol. The minimum absolute atomic E-state index is 0.172. The summed E-state index contributed by atoms with van der Waals surface area (Å²) < 4.78 is 4.15. The molecule has 4 aromatic rings. The number of hydrogen-bond acceptors (Lipinski definition) is 4. The van der Waals surface area contributed by atoms with Gasteiger partial charge in [0.25, 0.3) is 11.5 Å². The molecule has 0 saturated heterocycles. The van der Waals surface area contributed by atoms with Gasteiger partial charge in [-0.3, -0.25) is 14.2 Å². The summed E-state index contributed by atoms with van der Waals surface area (Å²) in [5.41, 5.74) is 2.25. The molecule has 1 N–H and O–H groups in total. The molecular formula is C25H27N5O3. The molecule has 5 rings (SSSR count). The van der Waals surface area contributed by atoms with E-state index in [-0.39, 0.29) is 29.0 Å². The van der Waals surface area contributed by atoms with E-state index >= 15 is 0 Å². The van der Waals surface area contributed by atoms with Gasteiger partial charge in [-0.2, -0.15) is 0 Å². The topological polar surface area (TPSA) is 90.4 Å². The van der Waals surface area contributed by atoms with Gasteiger partial charge < -0.3 is 5.32 Å². The molecule has 2 aromatic heterocycles. The molecule has 170 valence electrons. The van der Waals surface area contributed by atoms with Gasteiger partial charge in [-0.15, -0.1) is 5.10 Å². The minimum atomic E-state index is -0.350. The van der Waals surface area contributed by atoms with E-state index in [0.29, 0.717) is 23.0 Å². The number of nitrogens with zero attached hydrogens (tertiary/aromatic N) is 4. The Bertz CT molecular complexity index is 1490. The Balaban J connectivity index is 1.61. The van der Waals surface area contributed by atoms with E-state index in [1.807, 2.05) is 31.2 Å². The third kappa shape index (κ3) is 3.86. The fourth-order valence-electron chi connectivity index (χ4n) is 4.74. The summed E-state index contributed by atoms with van der Waals surface area (Å²) in [7, 11) is 1.60. The van der Waals surface area contributed by atoms with E-state index in [1.54, 1.807) is 25.2 Å². The maximum absolute atomic E-state index is 13.3. The first-order valence-corrected chi connectivity index (χ1v) is 11.4. The number of amides is 1. The maximum Gasteiger partial charge on any atom is 0.352 e. The van der Waals surface area contributed by atoms with Crippen molar-refractivity contribution >= 4 is 22.6 Å². The van der Waals surface area contributed by atoms with Crippen LogP contribution in [0.5, 0.6) is 0 Å². The smallest absolute Gasteiger partial charge is 0.349 e. The molecule has 0 bridgehead atoms. The molecule has 1 amide bonds. The van der Waals surface area contributed by atoms with Gasteiger partial charge in [0.2, 0.25) is 5.78 Å². The van der Waals surface area contributed by atoms with Crippen molar-refractivity contribution in [2.24, 2.45) is 7.05 Å². The van der Waals surface area contributed by atoms with Gasteiger partial charge in [0, 0.05) is 18.7 Å². The SMILES string of the molecule is Cc1cccc(Cn2nc3n(C)c(=O)c4ccc(C(=O)NC5CCCCC5)cc4n3c2=O)c1. The first-order valence-electron chi connectivity index (χ1n) is 11.4. The van der Waals surface area contributed by atoms with Crippen LogP contribution in [0.3, 0.4) is 0 Å². The molecule has 2 heterocycles. The second kappa shape index (κ2) is 8.35. The average molecular weight is 446 g/mol. The van der Waals surface area contributed by atoms with Crippen LogP contribution in [0.2, 0.25) is 0 Å². The quantitative estimate of drug-likeness (QED) is 0.523. The van der Waals surface area contributed by atoms with E-state index in [4.69, 9.17) is 0 Å². The largest absolute Gasteiger partial charge is 0.352 e. The van der Waals surface area contributed by atoms with Gasteiger partial charge in [-0.1, -0.05) is 49.1 Å².